The van der Waals surface area contributed by atoms with Gasteiger partial charge in [0, 0.05) is 11.6 Å². The van der Waals surface area contributed by atoms with Crippen LogP contribution in [0, 0.1) is 0 Å². The topological polar surface area (TPSA) is 73.6 Å². The molecular formula is C25H22N2O4. The Labute approximate surface area is 180 Å². The zero-order chi connectivity index (χ0) is 21.6. The van der Waals surface area contributed by atoms with Gasteiger partial charge in [-0.25, -0.2) is 0 Å². The standard InChI is InChI=1S/C25H22N2O4/c1-29-20-12-8-18(9-13-20)24(19-10-14-21(30-2)15-11-19)26-25(28)22-16-23(31-27-22)17-6-4-3-5-7-17/h3-16,24H,1-2H3,(H,26,28). The normalized spacial score (nSPS) is 10.7. The molecule has 4 aromatic rings. The molecule has 0 spiro atoms. The number of ether oxygens (including phenoxy) is 2. The second-order valence-corrected chi connectivity index (χ2v) is 6.90. The van der Waals surface area contributed by atoms with Gasteiger partial charge in [0.1, 0.15) is 11.5 Å². The van der Waals surface area contributed by atoms with E-state index in [-0.39, 0.29) is 17.6 Å². The van der Waals surface area contributed by atoms with Gasteiger partial charge in [-0.05, 0) is 35.4 Å². The summed E-state index contributed by atoms with van der Waals surface area (Å²) >= 11 is 0. The molecule has 0 saturated heterocycles. The minimum Gasteiger partial charge on any atom is -0.497 e. The van der Waals surface area contributed by atoms with E-state index in [2.05, 4.69) is 10.5 Å². The number of amides is 1. The molecule has 0 aliphatic heterocycles. The van der Waals surface area contributed by atoms with Gasteiger partial charge in [0.2, 0.25) is 0 Å². The summed E-state index contributed by atoms with van der Waals surface area (Å²) < 4.78 is 15.9. The number of methoxy groups -OCH3 is 2. The zero-order valence-corrected chi connectivity index (χ0v) is 17.2. The van der Waals surface area contributed by atoms with Gasteiger partial charge in [-0.1, -0.05) is 59.8 Å². The van der Waals surface area contributed by atoms with E-state index in [0.29, 0.717) is 5.76 Å². The van der Waals surface area contributed by atoms with E-state index in [1.165, 1.54) is 0 Å². The number of benzene rings is 3. The lowest BCUT2D eigenvalue weighted by atomic mass is 9.98. The average molecular weight is 414 g/mol. The highest BCUT2D eigenvalue weighted by molar-refractivity contribution is 5.93. The summed E-state index contributed by atoms with van der Waals surface area (Å²) in [7, 11) is 3.24. The summed E-state index contributed by atoms with van der Waals surface area (Å²) in [6, 6.07) is 25.9. The fourth-order valence-corrected chi connectivity index (χ4v) is 3.28. The Morgan fingerprint density at radius 3 is 1.90 bits per heavy atom. The molecule has 0 fully saturated rings. The van der Waals surface area contributed by atoms with Gasteiger partial charge in [0.25, 0.3) is 5.91 Å². The highest BCUT2D eigenvalue weighted by Gasteiger charge is 2.21. The van der Waals surface area contributed by atoms with Crippen molar-refractivity contribution >= 4 is 5.91 Å². The summed E-state index contributed by atoms with van der Waals surface area (Å²) in [5.41, 5.74) is 2.89. The molecule has 0 aliphatic rings. The Morgan fingerprint density at radius 1 is 0.839 bits per heavy atom. The van der Waals surface area contributed by atoms with Gasteiger partial charge in [-0.3, -0.25) is 4.79 Å². The zero-order valence-electron chi connectivity index (χ0n) is 17.2. The van der Waals surface area contributed by atoms with E-state index in [4.69, 9.17) is 14.0 Å². The summed E-state index contributed by atoms with van der Waals surface area (Å²) in [6.07, 6.45) is 0. The second kappa shape index (κ2) is 9.17. The average Bonchev–Trinajstić information content (AvgIpc) is 3.34. The molecule has 4 rings (SSSR count). The predicted octanol–water partition coefficient (Wildman–Crippen LogP) is 4.88. The quantitative estimate of drug-likeness (QED) is 0.467. The summed E-state index contributed by atoms with van der Waals surface area (Å²) in [5, 5.41) is 7.02. The van der Waals surface area contributed by atoms with Crippen molar-refractivity contribution in [2.45, 2.75) is 6.04 Å². The first-order valence-electron chi connectivity index (χ1n) is 9.79. The van der Waals surface area contributed by atoms with Crippen molar-refractivity contribution in [1.82, 2.24) is 10.5 Å². The highest BCUT2D eigenvalue weighted by atomic mass is 16.5. The Kier molecular flexibility index (Phi) is 5.98. The van der Waals surface area contributed by atoms with Crippen LogP contribution in [-0.2, 0) is 0 Å². The van der Waals surface area contributed by atoms with E-state index in [9.17, 15) is 4.79 Å². The SMILES string of the molecule is COc1ccc(C(NC(=O)c2cc(-c3ccccc3)on2)c2ccc(OC)cc2)cc1. The molecule has 0 atom stereocenters. The first-order valence-corrected chi connectivity index (χ1v) is 9.79. The van der Waals surface area contributed by atoms with Crippen LogP contribution >= 0.6 is 0 Å². The van der Waals surface area contributed by atoms with Gasteiger partial charge in [-0.2, -0.15) is 0 Å². The van der Waals surface area contributed by atoms with E-state index in [1.807, 2.05) is 78.9 Å². The molecule has 0 unspecified atom stereocenters. The molecule has 156 valence electrons. The molecular weight excluding hydrogens is 392 g/mol. The molecule has 0 aliphatic carbocycles. The lowest BCUT2D eigenvalue weighted by molar-refractivity contribution is 0.0934. The maximum atomic E-state index is 13.0. The Bertz CT molecular complexity index is 1090. The summed E-state index contributed by atoms with van der Waals surface area (Å²) in [5.74, 6) is 1.69. The number of rotatable bonds is 7. The molecule has 31 heavy (non-hydrogen) atoms. The van der Waals surface area contributed by atoms with Gasteiger partial charge in [-0.15, -0.1) is 0 Å². The third-order valence-corrected chi connectivity index (χ3v) is 4.97. The molecule has 1 aromatic heterocycles. The molecule has 6 heteroatoms. The van der Waals surface area contributed by atoms with Crippen molar-refractivity contribution in [2.24, 2.45) is 0 Å². The van der Waals surface area contributed by atoms with Crippen LogP contribution in [0.15, 0.2) is 89.5 Å². The van der Waals surface area contributed by atoms with E-state index < -0.39 is 0 Å². The van der Waals surface area contributed by atoms with Gasteiger partial charge in [0.05, 0.1) is 20.3 Å². The maximum Gasteiger partial charge on any atom is 0.274 e. The van der Waals surface area contributed by atoms with Crippen molar-refractivity contribution < 1.29 is 18.8 Å². The number of nitrogens with zero attached hydrogens (tertiary/aromatic N) is 1. The second-order valence-electron chi connectivity index (χ2n) is 6.90. The smallest absolute Gasteiger partial charge is 0.274 e. The molecule has 3 aromatic carbocycles. The predicted molar refractivity (Wildman–Crippen MR) is 117 cm³/mol. The van der Waals surface area contributed by atoms with E-state index >= 15 is 0 Å². The molecule has 0 bridgehead atoms. The highest BCUT2D eigenvalue weighted by Crippen LogP contribution is 2.27. The Morgan fingerprint density at radius 2 is 1.39 bits per heavy atom. The van der Waals surface area contributed by atoms with Gasteiger partial charge in [0.15, 0.2) is 11.5 Å². The minimum absolute atomic E-state index is 0.214. The van der Waals surface area contributed by atoms with Crippen LogP contribution in [0.25, 0.3) is 11.3 Å². The van der Waals surface area contributed by atoms with Crippen LogP contribution in [0.3, 0.4) is 0 Å². The molecule has 6 nitrogen and oxygen atoms in total. The number of nitrogens with one attached hydrogen (secondary N) is 1. The molecule has 1 amide bonds. The summed E-state index contributed by atoms with van der Waals surface area (Å²) in [4.78, 5) is 13.0. The van der Waals surface area contributed by atoms with Crippen LogP contribution in [0.2, 0.25) is 0 Å². The minimum atomic E-state index is -0.388. The van der Waals surface area contributed by atoms with Crippen LogP contribution in [0.4, 0.5) is 0 Å². The fourth-order valence-electron chi connectivity index (χ4n) is 3.28. The van der Waals surface area contributed by atoms with E-state index in [1.54, 1.807) is 20.3 Å². The maximum absolute atomic E-state index is 13.0. The number of aromatic nitrogens is 1. The molecule has 1 heterocycles. The van der Waals surface area contributed by atoms with E-state index in [0.717, 1.165) is 28.2 Å². The molecule has 1 N–H and O–H groups in total. The number of hydrogen-bond acceptors (Lipinski definition) is 5. The number of carbonyl (C=O) groups is 1. The third-order valence-electron chi connectivity index (χ3n) is 4.97. The first kappa shape index (κ1) is 20.2. The monoisotopic (exact) mass is 414 g/mol. The van der Waals surface area contributed by atoms with Gasteiger partial charge < -0.3 is 19.3 Å². The van der Waals surface area contributed by atoms with Crippen molar-refractivity contribution in [3.05, 3.63) is 102 Å². The first-order chi connectivity index (χ1) is 15.2. The molecule has 0 radical (unpaired) electrons. The summed E-state index contributed by atoms with van der Waals surface area (Å²) in [6.45, 7) is 0. The lowest BCUT2D eigenvalue weighted by Crippen LogP contribution is -2.29. The van der Waals surface area contributed by atoms with Gasteiger partial charge >= 0.3 is 0 Å². The van der Waals surface area contributed by atoms with Crippen molar-refractivity contribution in [3.63, 3.8) is 0 Å². The van der Waals surface area contributed by atoms with Crippen LogP contribution in [0.1, 0.15) is 27.7 Å². The van der Waals surface area contributed by atoms with Crippen molar-refractivity contribution in [3.8, 4) is 22.8 Å². The Balaban J connectivity index is 1.62. The van der Waals surface area contributed by atoms with Crippen LogP contribution < -0.4 is 14.8 Å². The lowest BCUT2D eigenvalue weighted by Gasteiger charge is -2.20. The number of carbonyl (C=O) groups excluding carboxylic acids is 1. The largest absolute Gasteiger partial charge is 0.497 e. The van der Waals surface area contributed by atoms with Crippen LogP contribution in [-0.4, -0.2) is 25.3 Å². The molecule has 0 saturated carbocycles. The third kappa shape index (κ3) is 4.59. The number of hydrogen-bond donors (Lipinski definition) is 1. The van der Waals surface area contributed by atoms with Crippen LogP contribution in [0.5, 0.6) is 11.5 Å². The fraction of sp³-hybridized carbons (Fsp3) is 0.120. The van der Waals surface area contributed by atoms with Crippen molar-refractivity contribution in [2.75, 3.05) is 14.2 Å². The van der Waals surface area contributed by atoms with Crippen molar-refractivity contribution in [1.29, 1.82) is 0 Å². The Hall–Kier alpha value is -4.06.